The van der Waals surface area contributed by atoms with Crippen molar-refractivity contribution in [3.8, 4) is 0 Å². The van der Waals surface area contributed by atoms with Crippen molar-refractivity contribution in [2.45, 2.75) is 19.0 Å². The maximum Gasteiger partial charge on any atom is 0.411 e. The Morgan fingerprint density at radius 3 is 2.81 bits per heavy atom. The van der Waals surface area contributed by atoms with Crippen molar-refractivity contribution in [3.63, 3.8) is 0 Å². The van der Waals surface area contributed by atoms with Crippen LogP contribution in [0.1, 0.15) is 12.8 Å². The first-order chi connectivity index (χ1) is 7.58. The van der Waals surface area contributed by atoms with Crippen molar-refractivity contribution >= 4 is 0 Å². The van der Waals surface area contributed by atoms with E-state index in [9.17, 15) is 13.2 Å². The van der Waals surface area contributed by atoms with Crippen LogP contribution in [-0.4, -0.2) is 45.7 Å². The zero-order chi connectivity index (χ0) is 11.9. The van der Waals surface area contributed by atoms with Crippen molar-refractivity contribution in [2.24, 2.45) is 5.92 Å². The summed E-state index contributed by atoms with van der Waals surface area (Å²) < 4.78 is 44.8. The van der Waals surface area contributed by atoms with Crippen LogP contribution in [0.15, 0.2) is 0 Å². The smallest absolute Gasteiger partial charge is 0.381 e. The van der Waals surface area contributed by atoms with Gasteiger partial charge in [-0.25, -0.2) is 0 Å². The molecule has 0 amide bonds. The number of alkyl halides is 3. The molecule has 3 nitrogen and oxygen atoms in total. The lowest BCUT2D eigenvalue weighted by Crippen LogP contribution is -2.31. The summed E-state index contributed by atoms with van der Waals surface area (Å²) in [6, 6.07) is 0. The van der Waals surface area contributed by atoms with E-state index in [2.05, 4.69) is 10.1 Å². The first-order valence-electron chi connectivity index (χ1n) is 5.51. The van der Waals surface area contributed by atoms with E-state index in [4.69, 9.17) is 4.74 Å². The van der Waals surface area contributed by atoms with Gasteiger partial charge in [-0.15, -0.1) is 0 Å². The minimum Gasteiger partial charge on any atom is -0.381 e. The lowest BCUT2D eigenvalue weighted by molar-refractivity contribution is -0.173. The Bertz CT molecular complexity index is 181. The van der Waals surface area contributed by atoms with Gasteiger partial charge in [-0.1, -0.05) is 0 Å². The van der Waals surface area contributed by atoms with Crippen molar-refractivity contribution in [2.75, 3.05) is 39.5 Å². The van der Waals surface area contributed by atoms with E-state index in [1.807, 2.05) is 0 Å². The molecule has 1 atom stereocenters. The highest BCUT2D eigenvalue weighted by Crippen LogP contribution is 2.14. The van der Waals surface area contributed by atoms with Gasteiger partial charge in [0, 0.05) is 19.7 Å². The van der Waals surface area contributed by atoms with E-state index in [0.29, 0.717) is 12.5 Å². The lowest BCUT2D eigenvalue weighted by Gasteiger charge is -2.22. The van der Waals surface area contributed by atoms with Crippen LogP contribution in [0.5, 0.6) is 0 Å². The average molecular weight is 241 g/mol. The molecule has 1 saturated heterocycles. The second-order valence-corrected chi connectivity index (χ2v) is 3.96. The number of hydrogen-bond acceptors (Lipinski definition) is 3. The SMILES string of the molecule is FC(F)(F)COCCNCC1CCCOC1. The van der Waals surface area contributed by atoms with Crippen molar-refractivity contribution in [1.29, 1.82) is 0 Å². The zero-order valence-electron chi connectivity index (χ0n) is 9.18. The molecule has 0 bridgehead atoms. The van der Waals surface area contributed by atoms with Gasteiger partial charge in [0.2, 0.25) is 0 Å². The van der Waals surface area contributed by atoms with Gasteiger partial charge in [0.15, 0.2) is 0 Å². The molecule has 0 aromatic rings. The minimum absolute atomic E-state index is 0.0904. The van der Waals surface area contributed by atoms with E-state index >= 15 is 0 Å². The van der Waals surface area contributed by atoms with E-state index in [1.54, 1.807) is 0 Å². The normalized spacial score (nSPS) is 22.3. The van der Waals surface area contributed by atoms with Gasteiger partial charge in [0.05, 0.1) is 13.2 Å². The van der Waals surface area contributed by atoms with Crippen LogP contribution < -0.4 is 5.32 Å². The third kappa shape index (κ3) is 7.03. The quantitative estimate of drug-likeness (QED) is 0.716. The molecule has 0 spiro atoms. The Kier molecular flexibility index (Phi) is 6.08. The topological polar surface area (TPSA) is 30.5 Å². The summed E-state index contributed by atoms with van der Waals surface area (Å²) in [5.41, 5.74) is 0. The first-order valence-corrected chi connectivity index (χ1v) is 5.51. The minimum atomic E-state index is -4.22. The summed E-state index contributed by atoms with van der Waals surface area (Å²) in [7, 11) is 0. The van der Waals surface area contributed by atoms with Gasteiger partial charge in [-0.3, -0.25) is 0 Å². The molecule has 1 aliphatic heterocycles. The Morgan fingerprint density at radius 2 is 2.19 bits per heavy atom. The van der Waals surface area contributed by atoms with Crippen LogP contribution in [0.4, 0.5) is 13.2 Å². The molecule has 16 heavy (non-hydrogen) atoms. The fourth-order valence-corrected chi connectivity index (χ4v) is 1.61. The van der Waals surface area contributed by atoms with E-state index in [-0.39, 0.29) is 6.61 Å². The summed E-state index contributed by atoms with van der Waals surface area (Å²) in [5.74, 6) is 0.483. The molecule has 0 aromatic heterocycles. The summed E-state index contributed by atoms with van der Waals surface area (Å²) >= 11 is 0. The molecule has 1 heterocycles. The second kappa shape index (κ2) is 7.09. The second-order valence-electron chi connectivity index (χ2n) is 3.96. The summed E-state index contributed by atoms with van der Waals surface area (Å²) in [6.45, 7) is 1.73. The van der Waals surface area contributed by atoms with Crippen molar-refractivity contribution < 1.29 is 22.6 Å². The van der Waals surface area contributed by atoms with Crippen LogP contribution in [0.3, 0.4) is 0 Å². The maximum absolute atomic E-state index is 11.7. The fraction of sp³-hybridized carbons (Fsp3) is 1.00. The third-order valence-electron chi connectivity index (χ3n) is 2.38. The lowest BCUT2D eigenvalue weighted by atomic mass is 10.0. The Morgan fingerprint density at radius 1 is 1.38 bits per heavy atom. The number of nitrogens with one attached hydrogen (secondary N) is 1. The number of halogens is 3. The molecule has 0 saturated carbocycles. The zero-order valence-corrected chi connectivity index (χ0v) is 9.18. The fourth-order valence-electron chi connectivity index (χ4n) is 1.61. The van der Waals surface area contributed by atoms with Crippen molar-refractivity contribution in [1.82, 2.24) is 5.32 Å². The first kappa shape index (κ1) is 13.7. The van der Waals surface area contributed by atoms with E-state index in [1.165, 1.54) is 0 Å². The highest BCUT2D eigenvalue weighted by atomic mass is 19.4. The number of rotatable bonds is 6. The van der Waals surface area contributed by atoms with Gasteiger partial charge < -0.3 is 14.8 Å². The molecule has 1 N–H and O–H groups in total. The molecule has 1 unspecified atom stereocenters. The number of ether oxygens (including phenoxy) is 2. The predicted molar refractivity (Wildman–Crippen MR) is 53.3 cm³/mol. The van der Waals surface area contributed by atoms with Crippen LogP contribution in [0, 0.1) is 5.92 Å². The van der Waals surface area contributed by atoms with Crippen LogP contribution in [0.25, 0.3) is 0 Å². The van der Waals surface area contributed by atoms with Crippen LogP contribution in [-0.2, 0) is 9.47 Å². The summed E-state index contributed by atoms with van der Waals surface area (Å²) in [6.07, 6.45) is -2.04. The van der Waals surface area contributed by atoms with Gasteiger partial charge in [-0.05, 0) is 18.8 Å². The average Bonchev–Trinajstić information content (AvgIpc) is 2.23. The molecule has 0 aromatic carbocycles. The highest BCUT2D eigenvalue weighted by molar-refractivity contribution is 4.65. The summed E-state index contributed by atoms with van der Waals surface area (Å²) in [4.78, 5) is 0. The molecule has 6 heteroatoms. The Balaban J connectivity index is 1.87. The molecule has 1 rings (SSSR count). The Hall–Kier alpha value is -0.330. The number of hydrogen-bond donors (Lipinski definition) is 1. The van der Waals surface area contributed by atoms with E-state index in [0.717, 1.165) is 32.6 Å². The van der Waals surface area contributed by atoms with E-state index < -0.39 is 12.8 Å². The van der Waals surface area contributed by atoms with Crippen LogP contribution >= 0.6 is 0 Å². The van der Waals surface area contributed by atoms with Gasteiger partial charge in [0.25, 0.3) is 0 Å². The standard InChI is InChI=1S/C10H18F3NO2/c11-10(12,13)8-16-5-3-14-6-9-2-1-4-15-7-9/h9,14H,1-8H2. The monoisotopic (exact) mass is 241 g/mol. The van der Waals surface area contributed by atoms with Gasteiger partial charge >= 0.3 is 6.18 Å². The molecule has 1 fully saturated rings. The molecular formula is C10H18F3NO2. The molecule has 0 aliphatic carbocycles. The van der Waals surface area contributed by atoms with Gasteiger partial charge in [0.1, 0.15) is 6.61 Å². The molecule has 96 valence electrons. The molecule has 0 radical (unpaired) electrons. The predicted octanol–water partition coefficient (Wildman–Crippen LogP) is 1.58. The molecular weight excluding hydrogens is 223 g/mol. The maximum atomic E-state index is 11.7. The molecule has 1 aliphatic rings. The Labute approximate surface area is 93.3 Å². The third-order valence-corrected chi connectivity index (χ3v) is 2.38. The van der Waals surface area contributed by atoms with Gasteiger partial charge in [-0.2, -0.15) is 13.2 Å². The highest BCUT2D eigenvalue weighted by Gasteiger charge is 2.27. The van der Waals surface area contributed by atoms with Crippen molar-refractivity contribution in [3.05, 3.63) is 0 Å². The summed E-state index contributed by atoms with van der Waals surface area (Å²) in [5, 5.41) is 3.07. The van der Waals surface area contributed by atoms with Crippen LogP contribution in [0.2, 0.25) is 0 Å². The largest absolute Gasteiger partial charge is 0.411 e.